The molecule has 2 atom stereocenters. The van der Waals surface area contributed by atoms with Crippen molar-refractivity contribution in [2.45, 2.75) is 37.8 Å². The Morgan fingerprint density at radius 2 is 2.04 bits per heavy atom. The van der Waals surface area contributed by atoms with Crippen LogP contribution in [0.4, 0.5) is 17.5 Å². The first-order valence-corrected chi connectivity index (χ1v) is 9.78. The first-order valence-electron chi connectivity index (χ1n) is 9.78. The second-order valence-corrected chi connectivity index (χ2v) is 7.61. The fraction of sp³-hybridized carbons (Fsp3) is 0.476. The standard InChI is InChI=1S/C21H27N5O2/c1-25(2)21-23-16-13-15-9-10-17(26(15)18(27)11-12-28-3)19(16)20(24-21)22-14-7-5-4-6-8-14/h4-8,15,17H,9-13H2,1-3H3,(H,22,23,24)/t15-,17+/m1/s1. The van der Waals surface area contributed by atoms with Gasteiger partial charge in [-0.25, -0.2) is 4.98 Å². The Morgan fingerprint density at radius 3 is 2.75 bits per heavy atom. The van der Waals surface area contributed by atoms with E-state index in [1.807, 2.05) is 49.3 Å². The largest absolute Gasteiger partial charge is 0.384 e. The lowest BCUT2D eigenvalue weighted by Gasteiger charge is -2.37. The molecule has 1 fully saturated rings. The number of benzene rings is 1. The van der Waals surface area contributed by atoms with Crippen molar-refractivity contribution in [2.75, 3.05) is 38.0 Å². The molecule has 4 rings (SSSR count). The summed E-state index contributed by atoms with van der Waals surface area (Å²) in [5.41, 5.74) is 3.10. The third-order valence-corrected chi connectivity index (χ3v) is 5.52. The molecule has 0 radical (unpaired) electrons. The van der Waals surface area contributed by atoms with Crippen molar-refractivity contribution in [3.63, 3.8) is 0 Å². The van der Waals surface area contributed by atoms with Crippen LogP contribution in [0.2, 0.25) is 0 Å². The van der Waals surface area contributed by atoms with Gasteiger partial charge in [-0.1, -0.05) is 18.2 Å². The molecule has 2 aromatic rings. The summed E-state index contributed by atoms with van der Waals surface area (Å²) < 4.78 is 5.12. The van der Waals surface area contributed by atoms with Crippen molar-refractivity contribution in [2.24, 2.45) is 0 Å². The van der Waals surface area contributed by atoms with Gasteiger partial charge in [-0.2, -0.15) is 4.98 Å². The molecule has 1 aromatic heterocycles. The average molecular weight is 381 g/mol. The molecular formula is C21H27N5O2. The number of para-hydroxylation sites is 1. The number of aromatic nitrogens is 2. The van der Waals surface area contributed by atoms with Crippen LogP contribution in [0, 0.1) is 0 Å². The smallest absolute Gasteiger partial charge is 0.227 e. The van der Waals surface area contributed by atoms with Gasteiger partial charge in [0, 0.05) is 44.9 Å². The molecule has 2 bridgehead atoms. The lowest BCUT2D eigenvalue weighted by Crippen LogP contribution is -2.43. The van der Waals surface area contributed by atoms with Gasteiger partial charge in [0.05, 0.1) is 24.8 Å². The van der Waals surface area contributed by atoms with E-state index < -0.39 is 0 Å². The SMILES string of the molecule is COCCC(=O)N1[C@@H]2CC[C@H]1c1c(nc(N(C)C)nc1Nc1ccccc1)C2. The molecule has 0 saturated carbocycles. The minimum Gasteiger partial charge on any atom is -0.384 e. The predicted octanol–water partition coefficient (Wildman–Crippen LogP) is 2.91. The highest BCUT2D eigenvalue weighted by molar-refractivity contribution is 5.79. The molecule has 1 amide bonds. The van der Waals surface area contributed by atoms with E-state index in [2.05, 4.69) is 10.2 Å². The molecule has 1 aromatic carbocycles. The number of nitrogens with zero attached hydrogens (tertiary/aromatic N) is 4. The summed E-state index contributed by atoms with van der Waals surface area (Å²) >= 11 is 0. The molecule has 2 aliphatic heterocycles. The summed E-state index contributed by atoms with van der Waals surface area (Å²) in [6.45, 7) is 0.451. The molecule has 0 aliphatic carbocycles. The van der Waals surface area contributed by atoms with Gasteiger partial charge in [-0.3, -0.25) is 4.79 Å². The Labute approximate surface area is 165 Å². The summed E-state index contributed by atoms with van der Waals surface area (Å²) in [6.07, 6.45) is 3.14. The number of carbonyl (C=O) groups is 1. The normalized spacial score (nSPS) is 20.0. The Bertz CT molecular complexity index is 855. The Balaban J connectivity index is 1.74. The first-order chi connectivity index (χ1) is 13.6. The van der Waals surface area contributed by atoms with Gasteiger partial charge in [-0.05, 0) is 25.0 Å². The zero-order chi connectivity index (χ0) is 19.7. The number of anilines is 3. The summed E-state index contributed by atoms with van der Waals surface area (Å²) in [4.78, 5) is 26.4. The molecule has 3 heterocycles. The minimum absolute atomic E-state index is 0.0283. The van der Waals surface area contributed by atoms with Crippen molar-refractivity contribution in [3.8, 4) is 0 Å². The average Bonchev–Trinajstić information content (AvgIpc) is 3.00. The maximum Gasteiger partial charge on any atom is 0.227 e. The van der Waals surface area contributed by atoms with Gasteiger partial charge < -0.3 is 19.9 Å². The quantitative estimate of drug-likeness (QED) is 0.830. The number of ether oxygens (including phenoxy) is 1. The van der Waals surface area contributed by atoms with Crippen LogP contribution >= 0.6 is 0 Å². The van der Waals surface area contributed by atoms with Gasteiger partial charge in [0.15, 0.2) is 0 Å². The molecular weight excluding hydrogens is 354 g/mol. The minimum atomic E-state index is 0.0283. The lowest BCUT2D eigenvalue weighted by molar-refractivity contribution is -0.135. The van der Waals surface area contributed by atoms with Gasteiger partial charge in [0.25, 0.3) is 0 Å². The van der Waals surface area contributed by atoms with Gasteiger partial charge in [0.2, 0.25) is 11.9 Å². The number of nitrogens with one attached hydrogen (secondary N) is 1. The number of hydrogen-bond donors (Lipinski definition) is 1. The topological polar surface area (TPSA) is 70.6 Å². The van der Waals surface area contributed by atoms with Crippen molar-refractivity contribution >= 4 is 23.4 Å². The van der Waals surface area contributed by atoms with Crippen LogP contribution in [-0.2, 0) is 16.0 Å². The molecule has 1 saturated heterocycles. The monoisotopic (exact) mass is 381 g/mol. The highest BCUT2D eigenvalue weighted by Crippen LogP contribution is 2.46. The van der Waals surface area contributed by atoms with E-state index in [-0.39, 0.29) is 18.0 Å². The number of methoxy groups -OCH3 is 1. The summed E-state index contributed by atoms with van der Waals surface area (Å²) in [5.74, 6) is 1.65. The van der Waals surface area contributed by atoms with E-state index in [1.165, 1.54) is 0 Å². The van der Waals surface area contributed by atoms with Crippen LogP contribution in [0.3, 0.4) is 0 Å². The van der Waals surface area contributed by atoms with E-state index in [9.17, 15) is 4.79 Å². The van der Waals surface area contributed by atoms with Crippen LogP contribution in [0.15, 0.2) is 30.3 Å². The lowest BCUT2D eigenvalue weighted by atomic mass is 9.97. The number of carbonyl (C=O) groups excluding carboxylic acids is 1. The van der Waals surface area contributed by atoms with Crippen LogP contribution < -0.4 is 10.2 Å². The molecule has 0 spiro atoms. The molecule has 1 N–H and O–H groups in total. The third kappa shape index (κ3) is 3.42. The van der Waals surface area contributed by atoms with E-state index in [0.29, 0.717) is 19.0 Å². The third-order valence-electron chi connectivity index (χ3n) is 5.52. The van der Waals surface area contributed by atoms with Gasteiger partial charge >= 0.3 is 0 Å². The van der Waals surface area contributed by atoms with Crippen molar-refractivity contribution in [1.82, 2.24) is 14.9 Å². The Hall–Kier alpha value is -2.67. The van der Waals surface area contributed by atoms with Gasteiger partial charge in [-0.15, -0.1) is 0 Å². The first kappa shape index (κ1) is 18.7. The zero-order valence-electron chi connectivity index (χ0n) is 16.7. The van der Waals surface area contributed by atoms with E-state index in [4.69, 9.17) is 14.7 Å². The number of hydrogen-bond acceptors (Lipinski definition) is 6. The fourth-order valence-electron chi connectivity index (χ4n) is 4.25. The highest BCUT2D eigenvalue weighted by Gasteiger charge is 2.44. The fourth-order valence-corrected chi connectivity index (χ4v) is 4.25. The van der Waals surface area contributed by atoms with Crippen LogP contribution in [0.5, 0.6) is 0 Å². The van der Waals surface area contributed by atoms with Crippen molar-refractivity contribution < 1.29 is 9.53 Å². The predicted molar refractivity (Wildman–Crippen MR) is 109 cm³/mol. The number of rotatable bonds is 6. The summed E-state index contributed by atoms with van der Waals surface area (Å²) in [6, 6.07) is 10.3. The molecule has 7 heteroatoms. The summed E-state index contributed by atoms with van der Waals surface area (Å²) in [5, 5.41) is 3.47. The molecule has 7 nitrogen and oxygen atoms in total. The zero-order valence-corrected chi connectivity index (χ0v) is 16.7. The Morgan fingerprint density at radius 1 is 1.25 bits per heavy atom. The molecule has 148 valence electrons. The highest BCUT2D eigenvalue weighted by atomic mass is 16.5. The number of fused-ring (bicyclic) bond motifs is 4. The van der Waals surface area contributed by atoms with Crippen LogP contribution in [0.1, 0.15) is 36.6 Å². The van der Waals surface area contributed by atoms with E-state index >= 15 is 0 Å². The Kier molecular flexibility index (Phi) is 5.17. The molecule has 2 aliphatic rings. The number of amides is 1. The van der Waals surface area contributed by atoms with Gasteiger partial charge in [0.1, 0.15) is 5.82 Å². The second-order valence-electron chi connectivity index (χ2n) is 7.61. The molecule has 28 heavy (non-hydrogen) atoms. The van der Waals surface area contributed by atoms with Crippen LogP contribution in [-0.4, -0.2) is 54.6 Å². The van der Waals surface area contributed by atoms with E-state index in [1.54, 1.807) is 7.11 Å². The van der Waals surface area contributed by atoms with E-state index in [0.717, 1.165) is 42.0 Å². The van der Waals surface area contributed by atoms with Crippen molar-refractivity contribution in [3.05, 3.63) is 41.6 Å². The van der Waals surface area contributed by atoms with Crippen molar-refractivity contribution in [1.29, 1.82) is 0 Å². The maximum absolute atomic E-state index is 12.8. The van der Waals surface area contributed by atoms with Crippen LogP contribution in [0.25, 0.3) is 0 Å². The molecule has 0 unspecified atom stereocenters. The second kappa shape index (κ2) is 7.75. The summed E-state index contributed by atoms with van der Waals surface area (Å²) in [7, 11) is 5.53. The maximum atomic E-state index is 12.8.